The first-order chi connectivity index (χ1) is 9.22. The Labute approximate surface area is 117 Å². The van der Waals surface area contributed by atoms with E-state index in [1.165, 1.54) is 4.90 Å². The molecular weight excluding hydrogens is 288 g/mol. The van der Waals surface area contributed by atoms with Crippen LogP contribution in [0.4, 0.5) is 4.79 Å². The molecule has 2 unspecified atom stereocenters. The minimum atomic E-state index is -3.13. The minimum Gasteiger partial charge on any atom is -0.480 e. The monoisotopic (exact) mass is 306 g/mol. The van der Waals surface area contributed by atoms with E-state index in [0.29, 0.717) is 6.42 Å². The van der Waals surface area contributed by atoms with E-state index in [-0.39, 0.29) is 31.3 Å². The molecule has 0 aromatic heterocycles. The summed E-state index contributed by atoms with van der Waals surface area (Å²) in [5.41, 5.74) is -0.836. The van der Waals surface area contributed by atoms with Gasteiger partial charge in [-0.3, -0.25) is 0 Å². The molecule has 2 heterocycles. The molecule has 2 saturated heterocycles. The van der Waals surface area contributed by atoms with E-state index < -0.39 is 33.4 Å². The molecule has 20 heavy (non-hydrogen) atoms. The number of nitrogens with one attached hydrogen (secondary N) is 1. The lowest BCUT2D eigenvalue weighted by atomic mass is 10.0. The van der Waals surface area contributed by atoms with E-state index >= 15 is 0 Å². The number of nitrogens with zero attached hydrogens (tertiary/aromatic N) is 1. The van der Waals surface area contributed by atoms with Gasteiger partial charge in [-0.25, -0.2) is 18.0 Å². The van der Waals surface area contributed by atoms with Crippen molar-refractivity contribution in [3.05, 3.63) is 0 Å². The molecule has 0 aromatic carbocycles. The Hall–Kier alpha value is -1.35. The van der Waals surface area contributed by atoms with E-state index in [1.54, 1.807) is 6.92 Å². The van der Waals surface area contributed by atoms with Crippen molar-refractivity contribution in [3.8, 4) is 0 Å². The van der Waals surface area contributed by atoms with Gasteiger partial charge in [-0.1, -0.05) is 0 Å². The number of carboxylic acids is 1. The second-order valence-corrected chi connectivity index (χ2v) is 7.64. The van der Waals surface area contributed by atoms with Gasteiger partial charge >= 0.3 is 12.0 Å². The van der Waals surface area contributed by atoms with E-state index in [4.69, 9.17) is 9.84 Å². The predicted molar refractivity (Wildman–Crippen MR) is 69.2 cm³/mol. The van der Waals surface area contributed by atoms with Crippen LogP contribution in [-0.2, 0) is 19.4 Å². The molecule has 0 saturated carbocycles. The van der Waals surface area contributed by atoms with Crippen LogP contribution < -0.4 is 5.32 Å². The fourth-order valence-electron chi connectivity index (χ4n) is 2.49. The van der Waals surface area contributed by atoms with Gasteiger partial charge in [0.15, 0.2) is 15.9 Å². The molecule has 0 aromatic rings. The van der Waals surface area contributed by atoms with Crippen LogP contribution >= 0.6 is 0 Å². The molecule has 2 rings (SSSR count). The van der Waals surface area contributed by atoms with Crippen LogP contribution in [-0.4, -0.2) is 73.3 Å². The highest BCUT2D eigenvalue weighted by Gasteiger charge is 2.42. The summed E-state index contributed by atoms with van der Waals surface area (Å²) in [5, 5.41) is 11.7. The number of rotatable bonds is 2. The van der Waals surface area contributed by atoms with Gasteiger partial charge in [-0.15, -0.1) is 0 Å². The standard InChI is InChI=1S/C11H18N2O6S/c1-11(2-5-20(17,18)7-11)12-10(16)13-3-4-19-6-8(13)9(14)15/h8H,2-7H2,1H3,(H,12,16)(H,14,15). The zero-order chi connectivity index (χ0) is 15.0. The molecule has 0 radical (unpaired) electrons. The first kappa shape index (κ1) is 15.0. The van der Waals surface area contributed by atoms with Gasteiger partial charge in [0.25, 0.3) is 0 Å². The van der Waals surface area contributed by atoms with Crippen molar-refractivity contribution in [2.45, 2.75) is 24.9 Å². The van der Waals surface area contributed by atoms with Crippen LogP contribution in [0.1, 0.15) is 13.3 Å². The first-order valence-electron chi connectivity index (χ1n) is 6.32. The summed E-state index contributed by atoms with van der Waals surface area (Å²) in [6.07, 6.45) is 0.336. The van der Waals surface area contributed by atoms with Gasteiger partial charge < -0.3 is 20.1 Å². The lowest BCUT2D eigenvalue weighted by Crippen LogP contribution is -2.59. The maximum atomic E-state index is 12.2. The van der Waals surface area contributed by atoms with Gasteiger partial charge in [0.05, 0.1) is 30.3 Å². The third-order valence-corrected chi connectivity index (χ3v) is 5.49. The lowest BCUT2D eigenvalue weighted by Gasteiger charge is -2.35. The highest BCUT2D eigenvalue weighted by Crippen LogP contribution is 2.23. The fraction of sp³-hybridized carbons (Fsp3) is 0.818. The normalized spacial score (nSPS) is 32.9. The Bertz CT molecular complexity index is 519. The Balaban J connectivity index is 2.05. The molecule has 2 fully saturated rings. The second-order valence-electron chi connectivity index (χ2n) is 5.46. The Morgan fingerprint density at radius 1 is 1.45 bits per heavy atom. The number of hydrogen-bond acceptors (Lipinski definition) is 5. The molecule has 9 heteroatoms. The summed E-state index contributed by atoms with van der Waals surface area (Å²) in [7, 11) is -3.13. The molecule has 0 aliphatic carbocycles. The van der Waals surface area contributed by atoms with Gasteiger partial charge in [0.2, 0.25) is 0 Å². The van der Waals surface area contributed by atoms with Crippen LogP contribution in [0.15, 0.2) is 0 Å². The van der Waals surface area contributed by atoms with Crippen LogP contribution in [0, 0.1) is 0 Å². The number of carboxylic acid groups (broad SMARTS) is 1. The molecule has 2 N–H and O–H groups in total. The predicted octanol–water partition coefficient (Wildman–Crippen LogP) is -0.941. The van der Waals surface area contributed by atoms with Crippen molar-refractivity contribution >= 4 is 21.8 Å². The number of aliphatic carboxylic acids is 1. The SMILES string of the molecule is CC1(NC(=O)N2CCOCC2C(=O)O)CCS(=O)(=O)C1. The second kappa shape index (κ2) is 5.21. The molecule has 0 spiro atoms. The Morgan fingerprint density at radius 2 is 2.15 bits per heavy atom. The van der Waals surface area contributed by atoms with Gasteiger partial charge in [-0.05, 0) is 13.3 Å². The van der Waals surface area contributed by atoms with Crippen LogP contribution in [0.3, 0.4) is 0 Å². The van der Waals surface area contributed by atoms with Crippen molar-refractivity contribution in [2.75, 3.05) is 31.3 Å². The third kappa shape index (κ3) is 3.21. The molecule has 2 amide bonds. The molecule has 2 aliphatic heterocycles. The lowest BCUT2D eigenvalue weighted by molar-refractivity contribution is -0.147. The van der Waals surface area contributed by atoms with Crippen molar-refractivity contribution in [2.24, 2.45) is 0 Å². The quantitative estimate of drug-likeness (QED) is 0.680. The summed E-state index contributed by atoms with van der Waals surface area (Å²) in [5.74, 6) is -1.22. The summed E-state index contributed by atoms with van der Waals surface area (Å²) in [6.45, 7) is 2.04. The summed E-state index contributed by atoms with van der Waals surface area (Å²) in [4.78, 5) is 24.5. The van der Waals surface area contributed by atoms with Crippen LogP contribution in [0.2, 0.25) is 0 Å². The van der Waals surface area contributed by atoms with Gasteiger partial charge in [0.1, 0.15) is 0 Å². The van der Waals surface area contributed by atoms with E-state index in [1.807, 2.05) is 0 Å². The number of morpholine rings is 1. The molecule has 0 bridgehead atoms. The molecule has 8 nitrogen and oxygen atoms in total. The minimum absolute atomic E-state index is 0.0370. The van der Waals surface area contributed by atoms with E-state index in [2.05, 4.69) is 5.32 Å². The third-order valence-electron chi connectivity index (χ3n) is 3.59. The number of urea groups is 1. The highest BCUT2D eigenvalue weighted by molar-refractivity contribution is 7.91. The average molecular weight is 306 g/mol. The number of sulfone groups is 1. The Morgan fingerprint density at radius 3 is 2.70 bits per heavy atom. The molecule has 114 valence electrons. The zero-order valence-corrected chi connectivity index (χ0v) is 12.0. The number of carbonyl (C=O) groups is 2. The molecular formula is C11H18N2O6S. The zero-order valence-electron chi connectivity index (χ0n) is 11.2. The largest absolute Gasteiger partial charge is 0.480 e. The highest BCUT2D eigenvalue weighted by atomic mass is 32.2. The van der Waals surface area contributed by atoms with Gasteiger partial charge in [-0.2, -0.15) is 0 Å². The average Bonchev–Trinajstić information content (AvgIpc) is 2.63. The van der Waals surface area contributed by atoms with Crippen molar-refractivity contribution in [1.29, 1.82) is 0 Å². The maximum Gasteiger partial charge on any atom is 0.328 e. The summed E-state index contributed by atoms with van der Waals surface area (Å²) >= 11 is 0. The van der Waals surface area contributed by atoms with Gasteiger partial charge in [0, 0.05) is 6.54 Å². The fourth-order valence-corrected chi connectivity index (χ4v) is 4.58. The van der Waals surface area contributed by atoms with Crippen molar-refractivity contribution in [1.82, 2.24) is 10.2 Å². The van der Waals surface area contributed by atoms with Crippen molar-refractivity contribution < 1.29 is 27.9 Å². The summed E-state index contributed by atoms with van der Waals surface area (Å²) in [6, 6.07) is -1.59. The topological polar surface area (TPSA) is 113 Å². The summed E-state index contributed by atoms with van der Waals surface area (Å²) < 4.78 is 28.0. The number of hydrogen-bond donors (Lipinski definition) is 2. The number of carbonyl (C=O) groups excluding carboxylic acids is 1. The van der Waals surface area contributed by atoms with Crippen molar-refractivity contribution in [3.63, 3.8) is 0 Å². The van der Waals surface area contributed by atoms with E-state index in [9.17, 15) is 18.0 Å². The number of amides is 2. The van der Waals surface area contributed by atoms with Crippen LogP contribution in [0.25, 0.3) is 0 Å². The molecule has 2 aliphatic rings. The molecule has 2 atom stereocenters. The van der Waals surface area contributed by atoms with E-state index in [0.717, 1.165) is 0 Å². The smallest absolute Gasteiger partial charge is 0.328 e. The number of ether oxygens (including phenoxy) is 1. The maximum absolute atomic E-state index is 12.2. The Kier molecular flexibility index (Phi) is 3.92. The van der Waals surface area contributed by atoms with Crippen LogP contribution in [0.5, 0.6) is 0 Å². The first-order valence-corrected chi connectivity index (χ1v) is 8.14.